The first-order valence-corrected chi connectivity index (χ1v) is 10.6. The lowest BCUT2D eigenvalue weighted by molar-refractivity contribution is -0.117. The summed E-state index contributed by atoms with van der Waals surface area (Å²) < 4.78 is 30.0. The van der Waals surface area contributed by atoms with Crippen LogP contribution in [-0.4, -0.2) is 70.3 Å². The van der Waals surface area contributed by atoms with Gasteiger partial charge in [-0.05, 0) is 30.3 Å². The maximum atomic E-state index is 14.2. The third kappa shape index (κ3) is 6.77. The van der Waals surface area contributed by atoms with Gasteiger partial charge in [0.2, 0.25) is 0 Å². The molecule has 0 atom stereocenters. The number of benzene rings is 2. The minimum absolute atomic E-state index is 0.0677. The second-order valence-electron chi connectivity index (χ2n) is 7.31. The summed E-state index contributed by atoms with van der Waals surface area (Å²) in [7, 11) is 2.96. The molecule has 1 aliphatic rings. The summed E-state index contributed by atoms with van der Waals surface area (Å²) in [5.41, 5.74) is 0.374. The van der Waals surface area contributed by atoms with Crippen LogP contribution in [0.15, 0.2) is 48.2 Å². The Morgan fingerprint density at radius 1 is 1.09 bits per heavy atom. The number of ether oxygens (including phenoxy) is 3. The van der Waals surface area contributed by atoms with Crippen LogP contribution < -0.4 is 20.1 Å². The topological polar surface area (TPSA) is 89.1 Å². The molecular weight excluding hydrogens is 429 g/mol. The molecule has 3 rings (SSSR count). The van der Waals surface area contributed by atoms with Crippen LogP contribution in [-0.2, 0) is 9.53 Å². The van der Waals surface area contributed by atoms with Crippen molar-refractivity contribution in [3.8, 4) is 11.5 Å². The molecule has 33 heavy (non-hydrogen) atoms. The second kappa shape index (κ2) is 12.0. The first kappa shape index (κ1) is 24.2. The number of halogens is 1. The van der Waals surface area contributed by atoms with Crippen molar-refractivity contribution in [2.45, 2.75) is 0 Å². The fraction of sp³-hybridized carbons (Fsp3) is 0.333. The maximum Gasteiger partial charge on any atom is 0.267 e. The molecular formula is C24H28FN3O5. The van der Waals surface area contributed by atoms with E-state index in [1.54, 1.807) is 24.3 Å². The molecule has 0 saturated carbocycles. The van der Waals surface area contributed by atoms with Gasteiger partial charge in [0.15, 0.2) is 11.5 Å². The van der Waals surface area contributed by atoms with E-state index in [1.807, 2.05) is 0 Å². The van der Waals surface area contributed by atoms with E-state index in [0.717, 1.165) is 13.1 Å². The van der Waals surface area contributed by atoms with Gasteiger partial charge in [-0.3, -0.25) is 14.5 Å². The molecule has 2 amide bonds. The summed E-state index contributed by atoms with van der Waals surface area (Å²) >= 11 is 0. The van der Waals surface area contributed by atoms with Crippen LogP contribution in [0.5, 0.6) is 11.5 Å². The van der Waals surface area contributed by atoms with Gasteiger partial charge in [0.05, 0.1) is 27.4 Å². The number of hydrogen-bond acceptors (Lipinski definition) is 6. The maximum absolute atomic E-state index is 14.2. The van der Waals surface area contributed by atoms with Crippen molar-refractivity contribution in [1.82, 2.24) is 15.5 Å². The van der Waals surface area contributed by atoms with Crippen LogP contribution in [0, 0.1) is 5.82 Å². The zero-order chi connectivity index (χ0) is 23.6. The molecule has 0 unspecified atom stereocenters. The minimum atomic E-state index is -0.540. The largest absolute Gasteiger partial charge is 0.493 e. The predicted octanol–water partition coefficient (Wildman–Crippen LogP) is 2.06. The Morgan fingerprint density at radius 3 is 2.52 bits per heavy atom. The molecule has 8 nitrogen and oxygen atoms in total. The van der Waals surface area contributed by atoms with Crippen LogP contribution in [0.3, 0.4) is 0 Å². The normalized spacial score (nSPS) is 14.5. The molecule has 0 aliphatic carbocycles. The average molecular weight is 458 g/mol. The van der Waals surface area contributed by atoms with Gasteiger partial charge in [-0.2, -0.15) is 0 Å². The number of carbonyl (C=O) groups excluding carboxylic acids is 2. The lowest BCUT2D eigenvalue weighted by Gasteiger charge is -2.26. The molecule has 2 aromatic rings. The van der Waals surface area contributed by atoms with E-state index in [4.69, 9.17) is 14.2 Å². The van der Waals surface area contributed by atoms with Gasteiger partial charge in [-0.15, -0.1) is 0 Å². The average Bonchev–Trinajstić information content (AvgIpc) is 2.84. The monoisotopic (exact) mass is 457 g/mol. The van der Waals surface area contributed by atoms with Gasteiger partial charge in [0.1, 0.15) is 11.5 Å². The number of rotatable bonds is 9. The third-order valence-electron chi connectivity index (χ3n) is 5.16. The number of morpholine rings is 1. The van der Waals surface area contributed by atoms with Crippen LogP contribution >= 0.6 is 0 Å². The number of methoxy groups -OCH3 is 2. The number of nitrogens with zero attached hydrogens (tertiary/aromatic N) is 1. The number of amides is 2. The van der Waals surface area contributed by atoms with Crippen LogP contribution in [0.1, 0.15) is 15.9 Å². The van der Waals surface area contributed by atoms with E-state index in [1.165, 1.54) is 38.5 Å². The third-order valence-corrected chi connectivity index (χ3v) is 5.16. The first-order chi connectivity index (χ1) is 16.0. The Labute approximate surface area is 192 Å². The molecule has 1 fully saturated rings. The molecule has 2 N–H and O–H groups in total. The molecule has 0 aromatic heterocycles. The highest BCUT2D eigenvalue weighted by atomic mass is 19.1. The number of hydrogen-bond donors (Lipinski definition) is 2. The molecule has 1 saturated heterocycles. The van der Waals surface area contributed by atoms with Gasteiger partial charge in [0.25, 0.3) is 11.8 Å². The van der Waals surface area contributed by atoms with Crippen LogP contribution in [0.2, 0.25) is 0 Å². The van der Waals surface area contributed by atoms with Crippen molar-refractivity contribution in [1.29, 1.82) is 0 Å². The van der Waals surface area contributed by atoms with E-state index in [0.29, 0.717) is 37.8 Å². The van der Waals surface area contributed by atoms with Gasteiger partial charge in [0, 0.05) is 37.3 Å². The molecule has 176 valence electrons. The smallest absolute Gasteiger partial charge is 0.267 e. The SMILES string of the molecule is COc1ccc(C(=O)N/C(=C/c2ccccc2F)C(=O)NCCN2CCOCC2)cc1OC. The summed E-state index contributed by atoms with van der Waals surface area (Å²) in [5, 5.41) is 5.40. The highest BCUT2D eigenvalue weighted by Gasteiger charge is 2.18. The molecule has 0 bridgehead atoms. The van der Waals surface area contributed by atoms with Crippen molar-refractivity contribution >= 4 is 17.9 Å². The summed E-state index contributed by atoms with van der Waals surface area (Å²) in [5.74, 6) is -0.713. The fourth-order valence-corrected chi connectivity index (χ4v) is 3.33. The van der Waals surface area contributed by atoms with Gasteiger partial charge >= 0.3 is 0 Å². The second-order valence-corrected chi connectivity index (χ2v) is 7.31. The Kier molecular flexibility index (Phi) is 8.79. The summed E-state index contributed by atoms with van der Waals surface area (Å²) in [6, 6.07) is 10.7. The highest BCUT2D eigenvalue weighted by molar-refractivity contribution is 6.05. The Morgan fingerprint density at radius 2 is 1.82 bits per heavy atom. The first-order valence-electron chi connectivity index (χ1n) is 10.6. The van der Waals surface area contributed by atoms with E-state index in [9.17, 15) is 14.0 Å². The minimum Gasteiger partial charge on any atom is -0.493 e. The van der Waals surface area contributed by atoms with E-state index in [-0.39, 0.29) is 16.8 Å². The van der Waals surface area contributed by atoms with Crippen molar-refractivity contribution in [3.63, 3.8) is 0 Å². The molecule has 1 aliphatic heterocycles. The van der Waals surface area contributed by atoms with Crippen LogP contribution in [0.25, 0.3) is 6.08 Å². The van der Waals surface area contributed by atoms with Crippen molar-refractivity contribution in [3.05, 3.63) is 65.1 Å². The van der Waals surface area contributed by atoms with Crippen molar-refractivity contribution < 1.29 is 28.2 Å². The Hall–Kier alpha value is -3.43. The molecule has 0 radical (unpaired) electrons. The van der Waals surface area contributed by atoms with Gasteiger partial charge < -0.3 is 24.8 Å². The number of nitrogens with one attached hydrogen (secondary N) is 2. The van der Waals surface area contributed by atoms with Gasteiger partial charge in [-0.25, -0.2) is 4.39 Å². The standard InChI is InChI=1S/C24H28FN3O5/c1-31-21-8-7-18(16-22(21)32-2)23(29)27-20(15-17-5-3-4-6-19(17)25)24(30)26-9-10-28-11-13-33-14-12-28/h3-8,15-16H,9-14H2,1-2H3,(H,26,30)(H,27,29)/b20-15+. The highest BCUT2D eigenvalue weighted by Crippen LogP contribution is 2.27. The predicted molar refractivity (Wildman–Crippen MR) is 122 cm³/mol. The fourth-order valence-electron chi connectivity index (χ4n) is 3.33. The number of carbonyl (C=O) groups is 2. The quantitative estimate of drug-likeness (QED) is 0.561. The molecule has 2 aromatic carbocycles. The van der Waals surface area contributed by atoms with E-state index < -0.39 is 17.6 Å². The van der Waals surface area contributed by atoms with E-state index >= 15 is 0 Å². The van der Waals surface area contributed by atoms with Gasteiger partial charge in [-0.1, -0.05) is 18.2 Å². The zero-order valence-corrected chi connectivity index (χ0v) is 18.7. The Bertz CT molecular complexity index is 1010. The summed E-state index contributed by atoms with van der Waals surface area (Å²) in [6.45, 7) is 3.93. The van der Waals surface area contributed by atoms with Crippen molar-refractivity contribution in [2.24, 2.45) is 0 Å². The molecule has 9 heteroatoms. The summed E-state index contributed by atoms with van der Waals surface area (Å²) in [6.07, 6.45) is 1.32. The van der Waals surface area contributed by atoms with Crippen LogP contribution in [0.4, 0.5) is 4.39 Å². The summed E-state index contributed by atoms with van der Waals surface area (Å²) in [4.78, 5) is 27.9. The lowest BCUT2D eigenvalue weighted by Crippen LogP contribution is -2.42. The van der Waals surface area contributed by atoms with E-state index in [2.05, 4.69) is 15.5 Å². The Balaban J connectivity index is 1.76. The molecule has 0 spiro atoms. The van der Waals surface area contributed by atoms with Crippen molar-refractivity contribution in [2.75, 3.05) is 53.6 Å². The lowest BCUT2D eigenvalue weighted by atomic mass is 10.1. The molecule has 1 heterocycles. The zero-order valence-electron chi connectivity index (χ0n) is 18.7.